The number of halogens is 1. The van der Waals surface area contributed by atoms with Crippen LogP contribution in [0.3, 0.4) is 0 Å². The Kier molecular flexibility index (Phi) is 6.01. The van der Waals surface area contributed by atoms with Crippen molar-refractivity contribution in [2.24, 2.45) is 0 Å². The molecule has 1 heterocycles. The van der Waals surface area contributed by atoms with Gasteiger partial charge in [0.05, 0.1) is 7.11 Å². The van der Waals surface area contributed by atoms with Crippen LogP contribution in [0.2, 0.25) is 0 Å². The zero-order valence-electron chi connectivity index (χ0n) is 15.2. The lowest BCUT2D eigenvalue weighted by Crippen LogP contribution is -2.51. The highest BCUT2D eigenvalue weighted by molar-refractivity contribution is 9.10. The van der Waals surface area contributed by atoms with E-state index in [1.165, 1.54) is 0 Å². The number of nitrogens with zero attached hydrogens (tertiary/aromatic N) is 1. The molecule has 1 aliphatic heterocycles. The highest BCUT2D eigenvalue weighted by Crippen LogP contribution is 2.29. The van der Waals surface area contributed by atoms with Crippen molar-refractivity contribution >= 4 is 33.6 Å². The molecule has 0 saturated carbocycles. The van der Waals surface area contributed by atoms with Crippen molar-refractivity contribution in [2.45, 2.75) is 18.4 Å². The standard InChI is InChI=1S/C20H22BrN3O3/c1-24-12-17(13-3-9-16(27-2)10-4-13)18(11-19(24)25)23-20(26)22-15-7-5-14(21)6-8-15/h3-10,17-18H,11-12H2,1-2H3,(H2,22,23,26)/t17?,18-/m0/s1. The molecular weight excluding hydrogens is 410 g/mol. The van der Waals surface area contributed by atoms with E-state index in [9.17, 15) is 9.59 Å². The lowest BCUT2D eigenvalue weighted by molar-refractivity contribution is -0.133. The molecule has 3 rings (SSSR count). The Labute approximate surface area is 167 Å². The van der Waals surface area contributed by atoms with Crippen LogP contribution in [0.15, 0.2) is 53.0 Å². The second kappa shape index (κ2) is 8.43. The molecule has 0 radical (unpaired) electrons. The minimum absolute atomic E-state index is 0.00859. The summed E-state index contributed by atoms with van der Waals surface area (Å²) >= 11 is 3.37. The van der Waals surface area contributed by atoms with Gasteiger partial charge in [0.15, 0.2) is 0 Å². The molecule has 142 valence electrons. The van der Waals surface area contributed by atoms with E-state index in [0.29, 0.717) is 12.2 Å². The summed E-state index contributed by atoms with van der Waals surface area (Å²) in [4.78, 5) is 26.3. The third-order valence-corrected chi connectivity index (χ3v) is 5.27. The molecule has 0 aromatic heterocycles. The van der Waals surface area contributed by atoms with Crippen molar-refractivity contribution in [1.82, 2.24) is 10.2 Å². The highest BCUT2D eigenvalue weighted by atomic mass is 79.9. The van der Waals surface area contributed by atoms with Crippen molar-refractivity contribution in [1.29, 1.82) is 0 Å². The van der Waals surface area contributed by atoms with Crippen LogP contribution in [0.25, 0.3) is 0 Å². The average Bonchev–Trinajstić information content (AvgIpc) is 2.66. The van der Waals surface area contributed by atoms with Crippen LogP contribution in [0.5, 0.6) is 5.75 Å². The number of rotatable bonds is 4. The third-order valence-electron chi connectivity index (χ3n) is 4.74. The van der Waals surface area contributed by atoms with Gasteiger partial charge in [-0.3, -0.25) is 4.79 Å². The second-order valence-electron chi connectivity index (χ2n) is 6.57. The van der Waals surface area contributed by atoms with Gasteiger partial charge in [0, 0.05) is 42.1 Å². The molecule has 2 aromatic carbocycles. The van der Waals surface area contributed by atoms with Gasteiger partial charge in [-0.1, -0.05) is 28.1 Å². The first kappa shape index (κ1) is 19.2. The quantitative estimate of drug-likeness (QED) is 0.776. The van der Waals surface area contributed by atoms with Crippen LogP contribution in [0.1, 0.15) is 17.9 Å². The van der Waals surface area contributed by atoms with E-state index in [1.54, 1.807) is 19.1 Å². The molecule has 0 bridgehead atoms. The van der Waals surface area contributed by atoms with Crippen LogP contribution < -0.4 is 15.4 Å². The number of amides is 3. The number of nitrogens with one attached hydrogen (secondary N) is 2. The van der Waals surface area contributed by atoms with Crippen LogP contribution in [-0.2, 0) is 4.79 Å². The smallest absolute Gasteiger partial charge is 0.319 e. The van der Waals surface area contributed by atoms with Crippen LogP contribution in [0, 0.1) is 0 Å². The van der Waals surface area contributed by atoms with Gasteiger partial charge in [-0.05, 0) is 42.0 Å². The first-order valence-electron chi connectivity index (χ1n) is 8.67. The summed E-state index contributed by atoms with van der Waals surface area (Å²) in [5, 5.41) is 5.79. The Bertz CT molecular complexity index is 808. The highest BCUT2D eigenvalue weighted by Gasteiger charge is 2.34. The molecule has 1 unspecified atom stereocenters. The first-order valence-corrected chi connectivity index (χ1v) is 9.46. The number of piperidine rings is 1. The summed E-state index contributed by atoms with van der Waals surface area (Å²) in [5.41, 5.74) is 1.75. The summed E-state index contributed by atoms with van der Waals surface area (Å²) in [5.74, 6) is 0.805. The maximum absolute atomic E-state index is 12.5. The topological polar surface area (TPSA) is 70.7 Å². The minimum atomic E-state index is -0.321. The van der Waals surface area contributed by atoms with E-state index < -0.39 is 0 Å². The average molecular weight is 432 g/mol. The maximum atomic E-state index is 12.5. The molecule has 1 aliphatic rings. The Morgan fingerprint density at radius 1 is 1.15 bits per heavy atom. The summed E-state index contributed by atoms with van der Waals surface area (Å²) in [6.07, 6.45) is 0.265. The van der Waals surface area contributed by atoms with Crippen LogP contribution >= 0.6 is 15.9 Å². The van der Waals surface area contributed by atoms with Crippen molar-refractivity contribution in [2.75, 3.05) is 26.0 Å². The lowest BCUT2D eigenvalue weighted by Gasteiger charge is -2.37. The predicted molar refractivity (Wildman–Crippen MR) is 108 cm³/mol. The summed E-state index contributed by atoms with van der Waals surface area (Å²) < 4.78 is 6.15. The van der Waals surface area contributed by atoms with Gasteiger partial charge in [-0.15, -0.1) is 0 Å². The zero-order chi connectivity index (χ0) is 19.4. The van der Waals surface area contributed by atoms with Crippen molar-refractivity contribution in [3.8, 4) is 5.75 Å². The van der Waals surface area contributed by atoms with Gasteiger partial charge < -0.3 is 20.3 Å². The predicted octanol–water partition coefficient (Wildman–Crippen LogP) is 3.59. The zero-order valence-corrected chi connectivity index (χ0v) is 16.8. The Morgan fingerprint density at radius 2 is 1.81 bits per heavy atom. The number of likely N-dealkylation sites (tertiary alicyclic amines) is 1. The Morgan fingerprint density at radius 3 is 2.44 bits per heavy atom. The fraction of sp³-hybridized carbons (Fsp3) is 0.300. The Balaban J connectivity index is 1.73. The maximum Gasteiger partial charge on any atom is 0.319 e. The summed E-state index contributed by atoms with van der Waals surface area (Å²) in [7, 11) is 3.41. The number of hydrogen-bond donors (Lipinski definition) is 2. The largest absolute Gasteiger partial charge is 0.497 e. The fourth-order valence-corrected chi connectivity index (χ4v) is 3.48. The molecule has 0 spiro atoms. The van der Waals surface area contributed by atoms with E-state index in [2.05, 4.69) is 26.6 Å². The van der Waals surface area contributed by atoms with Gasteiger partial charge in [0.1, 0.15) is 5.75 Å². The van der Waals surface area contributed by atoms with Gasteiger partial charge >= 0.3 is 6.03 Å². The number of anilines is 1. The first-order chi connectivity index (χ1) is 13.0. The molecule has 0 aliphatic carbocycles. The molecule has 27 heavy (non-hydrogen) atoms. The molecule has 2 atom stereocenters. The Hall–Kier alpha value is -2.54. The monoisotopic (exact) mass is 431 g/mol. The molecule has 1 fully saturated rings. The SMILES string of the molecule is COc1ccc(C2CN(C)C(=O)C[C@@H]2NC(=O)Nc2ccc(Br)cc2)cc1. The van der Waals surface area contributed by atoms with Crippen molar-refractivity contribution < 1.29 is 14.3 Å². The molecule has 2 aromatic rings. The van der Waals surface area contributed by atoms with Crippen molar-refractivity contribution in [3.05, 3.63) is 58.6 Å². The molecule has 1 saturated heterocycles. The molecular formula is C20H22BrN3O3. The summed E-state index contributed by atoms with van der Waals surface area (Å²) in [6.45, 7) is 0.550. The summed E-state index contributed by atoms with van der Waals surface area (Å²) in [6, 6.07) is 14.5. The normalized spacial score (nSPS) is 19.5. The minimum Gasteiger partial charge on any atom is -0.497 e. The number of ether oxygens (including phenoxy) is 1. The molecule has 3 amide bonds. The fourth-order valence-electron chi connectivity index (χ4n) is 3.22. The van der Waals surface area contributed by atoms with Gasteiger partial charge in [0.2, 0.25) is 5.91 Å². The van der Waals surface area contributed by atoms with Gasteiger partial charge in [-0.2, -0.15) is 0 Å². The van der Waals surface area contributed by atoms with Gasteiger partial charge in [0.25, 0.3) is 0 Å². The number of likely N-dealkylation sites (N-methyl/N-ethyl adjacent to an activating group) is 1. The number of methoxy groups -OCH3 is 1. The van der Waals surface area contributed by atoms with E-state index in [0.717, 1.165) is 15.8 Å². The number of carbonyl (C=O) groups excluding carboxylic acids is 2. The van der Waals surface area contributed by atoms with E-state index in [-0.39, 0.29) is 30.3 Å². The number of benzene rings is 2. The van der Waals surface area contributed by atoms with Gasteiger partial charge in [-0.25, -0.2) is 4.79 Å². The lowest BCUT2D eigenvalue weighted by atomic mass is 9.86. The third kappa shape index (κ3) is 4.80. The number of hydrogen-bond acceptors (Lipinski definition) is 3. The number of carbonyl (C=O) groups is 2. The van der Waals surface area contributed by atoms with E-state index >= 15 is 0 Å². The van der Waals surface area contributed by atoms with Crippen molar-refractivity contribution in [3.63, 3.8) is 0 Å². The van der Waals surface area contributed by atoms with E-state index in [4.69, 9.17) is 4.74 Å². The van der Waals surface area contributed by atoms with Crippen LogP contribution in [-0.4, -0.2) is 43.6 Å². The number of urea groups is 1. The molecule has 6 nitrogen and oxygen atoms in total. The van der Waals surface area contributed by atoms with E-state index in [1.807, 2.05) is 48.5 Å². The second-order valence-corrected chi connectivity index (χ2v) is 7.49. The molecule has 2 N–H and O–H groups in total. The van der Waals surface area contributed by atoms with Crippen LogP contribution in [0.4, 0.5) is 10.5 Å². The molecule has 7 heteroatoms.